The van der Waals surface area contributed by atoms with Crippen molar-refractivity contribution in [1.29, 1.82) is 0 Å². The fourth-order valence-corrected chi connectivity index (χ4v) is 6.72. The molecule has 37 heavy (non-hydrogen) atoms. The minimum absolute atomic E-state index is 0.00945. The van der Waals surface area contributed by atoms with Crippen LogP contribution in [0.2, 0.25) is 10.0 Å². The molecule has 0 N–H and O–H groups in total. The lowest BCUT2D eigenvalue weighted by molar-refractivity contribution is -0.384. The summed E-state index contributed by atoms with van der Waals surface area (Å²) in [6.07, 6.45) is 4.99. The molecule has 1 saturated heterocycles. The number of hydrazine groups is 1. The van der Waals surface area contributed by atoms with Crippen LogP contribution in [0, 0.1) is 45.6 Å². The molecule has 5 aliphatic rings. The lowest BCUT2D eigenvalue weighted by atomic mass is 9.63. The number of amides is 3. The average Bonchev–Trinajstić information content (AvgIpc) is 3.66. The average molecular weight is 540 g/mol. The zero-order valence-corrected chi connectivity index (χ0v) is 20.6. The van der Waals surface area contributed by atoms with Gasteiger partial charge < -0.3 is 0 Å². The normalized spacial score (nSPS) is 28.6. The molecular weight excluding hydrogens is 521 g/mol. The molecule has 188 valence electrons. The Balaban J connectivity index is 1.38. The lowest BCUT2D eigenvalue weighted by Gasteiger charge is -2.37. The van der Waals surface area contributed by atoms with Crippen molar-refractivity contribution in [2.45, 2.75) is 6.42 Å². The van der Waals surface area contributed by atoms with Crippen molar-refractivity contribution in [3.8, 4) is 0 Å². The Morgan fingerprint density at radius 2 is 1.65 bits per heavy atom. The second-order valence-corrected chi connectivity index (χ2v) is 10.7. The third kappa shape index (κ3) is 3.67. The SMILES string of the molecule is O=C(CN(C(=O)c1ccc(Cl)cc1Cl)N1C(=O)[C@@H]2[C@@H]3C=C[C@H]([C@@H]4C[C@H]34)[C@H]2C1=O)c1cccc([N+](=O)[O-])c1. The van der Waals surface area contributed by atoms with Gasteiger partial charge in [0.1, 0.15) is 6.54 Å². The molecule has 9 nitrogen and oxygen atoms in total. The molecule has 0 unspecified atom stereocenters. The van der Waals surface area contributed by atoms with E-state index in [-0.39, 0.29) is 38.7 Å². The van der Waals surface area contributed by atoms with Crippen LogP contribution >= 0.6 is 23.2 Å². The summed E-state index contributed by atoms with van der Waals surface area (Å²) >= 11 is 12.2. The van der Waals surface area contributed by atoms with Gasteiger partial charge in [0.15, 0.2) is 5.78 Å². The number of nitrogens with zero attached hydrogens (tertiary/aromatic N) is 3. The van der Waals surface area contributed by atoms with E-state index >= 15 is 0 Å². The van der Waals surface area contributed by atoms with Gasteiger partial charge in [-0.05, 0) is 48.3 Å². The van der Waals surface area contributed by atoms with Crippen LogP contribution < -0.4 is 0 Å². The number of rotatable bonds is 6. The van der Waals surface area contributed by atoms with Crippen molar-refractivity contribution in [1.82, 2.24) is 10.0 Å². The van der Waals surface area contributed by atoms with Crippen molar-refractivity contribution in [3.63, 3.8) is 0 Å². The number of nitro groups is 1. The van der Waals surface area contributed by atoms with Crippen LogP contribution in [0.25, 0.3) is 0 Å². The van der Waals surface area contributed by atoms with Crippen LogP contribution in [-0.2, 0) is 9.59 Å². The van der Waals surface area contributed by atoms with Gasteiger partial charge >= 0.3 is 0 Å². The highest BCUT2D eigenvalue weighted by molar-refractivity contribution is 6.36. The number of hydrogen-bond acceptors (Lipinski definition) is 6. The van der Waals surface area contributed by atoms with E-state index in [0.29, 0.717) is 11.8 Å². The molecule has 0 spiro atoms. The fourth-order valence-electron chi connectivity index (χ4n) is 6.23. The number of non-ortho nitro benzene ring substituents is 1. The number of Topliss-reactive ketones (excluding diaryl/α,β-unsaturated/α-hetero) is 1. The van der Waals surface area contributed by atoms with Crippen LogP contribution in [0.15, 0.2) is 54.6 Å². The molecular formula is C26H19Cl2N3O6. The largest absolute Gasteiger partial charge is 0.292 e. The van der Waals surface area contributed by atoms with Gasteiger partial charge in [0.2, 0.25) is 0 Å². The standard InChI is InChI=1S/C26H19Cl2N3O6/c27-13-4-5-17(20(28)9-13)24(33)29(11-21(32)12-2-1-3-14(8-12)31(36)37)30-25(34)22-15-6-7-16(19-10-18(15)19)23(22)26(30)35/h1-9,15-16,18-19,22-23H,10-11H2/t15-,16-,18-,19+,22-,23-/m1/s1. The maximum atomic E-state index is 13.7. The highest BCUT2D eigenvalue weighted by Crippen LogP contribution is 2.65. The summed E-state index contributed by atoms with van der Waals surface area (Å²) in [6, 6.07) is 9.19. The Hall–Kier alpha value is -3.56. The van der Waals surface area contributed by atoms with Crippen molar-refractivity contribution >= 4 is 52.4 Å². The number of halogens is 2. The Labute approximate surface area is 220 Å². The molecule has 2 bridgehead atoms. The van der Waals surface area contributed by atoms with Crippen molar-refractivity contribution in [3.05, 3.63) is 85.9 Å². The molecule has 6 atom stereocenters. The van der Waals surface area contributed by atoms with Crippen molar-refractivity contribution < 1.29 is 24.1 Å². The van der Waals surface area contributed by atoms with Crippen LogP contribution in [0.1, 0.15) is 27.1 Å². The van der Waals surface area contributed by atoms with Crippen LogP contribution in [0.5, 0.6) is 0 Å². The Kier molecular flexibility index (Phi) is 5.47. The number of carbonyl (C=O) groups is 4. The molecule has 0 radical (unpaired) electrons. The smallest absolute Gasteiger partial charge is 0.274 e. The molecule has 0 aromatic heterocycles. The number of hydrogen-bond donors (Lipinski definition) is 0. The predicted octanol–water partition coefficient (Wildman–Crippen LogP) is 4.19. The zero-order valence-electron chi connectivity index (χ0n) is 19.1. The highest BCUT2D eigenvalue weighted by Gasteiger charge is 2.68. The van der Waals surface area contributed by atoms with Gasteiger partial charge in [0.05, 0.1) is 27.3 Å². The van der Waals surface area contributed by atoms with Gasteiger partial charge in [-0.1, -0.05) is 47.5 Å². The number of allylic oxidation sites excluding steroid dienone is 2. The predicted molar refractivity (Wildman–Crippen MR) is 131 cm³/mol. The Morgan fingerprint density at radius 3 is 2.24 bits per heavy atom. The number of ketones is 1. The van der Waals surface area contributed by atoms with Gasteiger partial charge in [-0.15, -0.1) is 0 Å². The van der Waals surface area contributed by atoms with Crippen LogP contribution in [0.4, 0.5) is 5.69 Å². The number of nitro benzene ring substituents is 1. The van der Waals surface area contributed by atoms with E-state index in [0.717, 1.165) is 22.5 Å². The zero-order chi connectivity index (χ0) is 26.2. The quantitative estimate of drug-likeness (QED) is 0.178. The van der Waals surface area contributed by atoms with E-state index in [4.69, 9.17) is 23.2 Å². The summed E-state index contributed by atoms with van der Waals surface area (Å²) < 4.78 is 0. The first-order valence-corrected chi connectivity index (χ1v) is 12.5. The summed E-state index contributed by atoms with van der Waals surface area (Å²) in [5.74, 6) is -3.17. The second-order valence-electron chi connectivity index (χ2n) is 9.86. The third-order valence-corrected chi connectivity index (χ3v) is 8.50. The van der Waals surface area contributed by atoms with Crippen LogP contribution in [-0.4, -0.2) is 45.0 Å². The van der Waals surface area contributed by atoms with Gasteiger partial charge in [0.25, 0.3) is 23.4 Å². The van der Waals surface area contributed by atoms with Gasteiger partial charge in [-0.2, -0.15) is 5.01 Å². The molecule has 1 heterocycles. The molecule has 11 heteroatoms. The van der Waals surface area contributed by atoms with Crippen LogP contribution in [0.3, 0.4) is 0 Å². The summed E-state index contributed by atoms with van der Waals surface area (Å²) in [6.45, 7) is -0.689. The van der Waals surface area contributed by atoms with Gasteiger partial charge in [0, 0.05) is 22.7 Å². The van der Waals surface area contributed by atoms with E-state index in [1.807, 2.05) is 12.2 Å². The molecule has 2 aromatic rings. The monoisotopic (exact) mass is 539 g/mol. The molecule has 2 saturated carbocycles. The molecule has 1 aliphatic heterocycles. The van der Waals surface area contributed by atoms with Crippen molar-refractivity contribution in [2.24, 2.45) is 35.5 Å². The summed E-state index contributed by atoms with van der Waals surface area (Å²) in [5.41, 5.74) is -0.378. The summed E-state index contributed by atoms with van der Waals surface area (Å²) in [5, 5.41) is 13.1. The third-order valence-electron chi connectivity index (χ3n) is 7.95. The first kappa shape index (κ1) is 23.8. The Bertz CT molecular complexity index is 1410. The summed E-state index contributed by atoms with van der Waals surface area (Å²) in [7, 11) is 0. The minimum Gasteiger partial charge on any atom is -0.292 e. The number of imide groups is 1. The number of carbonyl (C=O) groups excluding carboxylic acids is 4. The van der Waals surface area contributed by atoms with E-state index in [1.165, 1.54) is 36.4 Å². The Morgan fingerprint density at radius 1 is 1.00 bits per heavy atom. The highest BCUT2D eigenvalue weighted by atomic mass is 35.5. The lowest BCUT2D eigenvalue weighted by Crippen LogP contribution is -2.52. The van der Waals surface area contributed by atoms with Crippen molar-refractivity contribution in [2.75, 3.05) is 6.54 Å². The number of benzene rings is 2. The molecule has 2 aromatic carbocycles. The van der Waals surface area contributed by atoms with E-state index in [2.05, 4.69) is 0 Å². The maximum Gasteiger partial charge on any atom is 0.274 e. The molecule has 4 aliphatic carbocycles. The first-order chi connectivity index (χ1) is 17.7. The van der Waals surface area contributed by atoms with E-state index < -0.39 is 46.8 Å². The molecule has 3 fully saturated rings. The first-order valence-electron chi connectivity index (χ1n) is 11.8. The van der Waals surface area contributed by atoms with E-state index in [9.17, 15) is 29.3 Å². The molecule has 7 rings (SSSR count). The molecule has 3 amide bonds. The fraction of sp³-hybridized carbons (Fsp3) is 0.308. The van der Waals surface area contributed by atoms with Gasteiger partial charge in [-0.3, -0.25) is 29.3 Å². The van der Waals surface area contributed by atoms with E-state index in [1.54, 1.807) is 0 Å². The minimum atomic E-state index is -0.828. The van der Waals surface area contributed by atoms with Gasteiger partial charge in [-0.25, -0.2) is 5.01 Å². The second kappa shape index (κ2) is 8.49. The topological polar surface area (TPSA) is 118 Å². The summed E-state index contributed by atoms with van der Waals surface area (Å²) in [4.78, 5) is 65.0. The maximum absolute atomic E-state index is 13.7.